The first kappa shape index (κ1) is 17.1. The molecule has 0 radical (unpaired) electrons. The first-order valence-corrected chi connectivity index (χ1v) is 9.07. The molecule has 1 unspecified atom stereocenters. The summed E-state index contributed by atoms with van der Waals surface area (Å²) in [6.45, 7) is 11.2. The Morgan fingerprint density at radius 3 is 2.62 bits per heavy atom. The molecule has 1 N–H and O–H groups in total. The Labute approximate surface area is 142 Å². The molecule has 0 bridgehead atoms. The summed E-state index contributed by atoms with van der Waals surface area (Å²) < 4.78 is 1.01. The monoisotopic (exact) mass is 372 g/mol. The molecular formula is C17H26BrClN2. The van der Waals surface area contributed by atoms with Crippen molar-refractivity contribution in [2.75, 3.05) is 18.0 Å². The molecule has 2 nitrogen and oxygen atoms in total. The molecule has 4 heteroatoms. The number of piperazine rings is 1. The molecule has 1 aromatic rings. The number of nitrogens with one attached hydrogen (secondary N) is 1. The van der Waals surface area contributed by atoms with Gasteiger partial charge in [-0.15, -0.1) is 0 Å². The lowest BCUT2D eigenvalue weighted by molar-refractivity contribution is 0.227. The molecule has 1 heterocycles. The molecule has 1 aliphatic rings. The Bertz CT molecular complexity index is 486. The molecule has 0 saturated carbocycles. The van der Waals surface area contributed by atoms with Gasteiger partial charge in [0.15, 0.2) is 0 Å². The van der Waals surface area contributed by atoms with Crippen molar-refractivity contribution >= 4 is 33.2 Å². The van der Waals surface area contributed by atoms with E-state index >= 15 is 0 Å². The van der Waals surface area contributed by atoms with Crippen LogP contribution in [-0.4, -0.2) is 24.7 Å². The Hall–Kier alpha value is -0.250. The lowest BCUT2D eigenvalue weighted by Crippen LogP contribution is -2.65. The van der Waals surface area contributed by atoms with E-state index in [0.717, 1.165) is 35.4 Å². The van der Waals surface area contributed by atoms with Crippen molar-refractivity contribution in [2.45, 2.75) is 52.1 Å². The zero-order valence-electron chi connectivity index (χ0n) is 13.4. The maximum Gasteiger partial charge on any atom is 0.0595 e. The van der Waals surface area contributed by atoms with Crippen LogP contribution < -0.4 is 10.2 Å². The van der Waals surface area contributed by atoms with E-state index in [-0.39, 0.29) is 5.54 Å². The van der Waals surface area contributed by atoms with Crippen LogP contribution >= 0.6 is 27.5 Å². The average molecular weight is 374 g/mol. The maximum atomic E-state index is 6.31. The van der Waals surface area contributed by atoms with Gasteiger partial charge in [0.05, 0.1) is 15.2 Å². The van der Waals surface area contributed by atoms with E-state index in [0.29, 0.717) is 12.0 Å². The molecule has 118 valence electrons. The van der Waals surface area contributed by atoms with Gasteiger partial charge in [0, 0.05) is 24.7 Å². The SMILES string of the molecule is CCC1(CC)CN(c2cccc(Cl)c2Br)C(C(C)C)CN1. The van der Waals surface area contributed by atoms with Gasteiger partial charge in [-0.2, -0.15) is 0 Å². The van der Waals surface area contributed by atoms with E-state index < -0.39 is 0 Å². The van der Waals surface area contributed by atoms with Crippen molar-refractivity contribution in [2.24, 2.45) is 5.92 Å². The summed E-state index contributed by atoms with van der Waals surface area (Å²) in [5.74, 6) is 0.593. The van der Waals surface area contributed by atoms with E-state index in [4.69, 9.17) is 11.6 Å². The van der Waals surface area contributed by atoms with Crippen molar-refractivity contribution in [3.05, 3.63) is 27.7 Å². The number of benzene rings is 1. The van der Waals surface area contributed by atoms with Gasteiger partial charge >= 0.3 is 0 Å². The van der Waals surface area contributed by atoms with Crippen molar-refractivity contribution < 1.29 is 0 Å². The van der Waals surface area contributed by atoms with Gasteiger partial charge in [-0.25, -0.2) is 0 Å². The summed E-state index contributed by atoms with van der Waals surface area (Å²) in [7, 11) is 0. The van der Waals surface area contributed by atoms with E-state index in [2.05, 4.69) is 59.9 Å². The Morgan fingerprint density at radius 2 is 2.05 bits per heavy atom. The third-order valence-corrected chi connectivity index (χ3v) is 6.30. The fraction of sp³-hybridized carbons (Fsp3) is 0.647. The zero-order chi connectivity index (χ0) is 15.6. The number of anilines is 1. The third kappa shape index (κ3) is 3.40. The standard InChI is InChI=1S/C17H26BrClN2/c1-5-17(6-2)11-21(15(10-20-17)12(3)4)14-9-7-8-13(19)16(14)18/h7-9,12,15,20H,5-6,10-11H2,1-4H3. The van der Waals surface area contributed by atoms with Crippen molar-refractivity contribution in [3.8, 4) is 0 Å². The Morgan fingerprint density at radius 1 is 1.38 bits per heavy atom. The van der Waals surface area contributed by atoms with Crippen LogP contribution in [0.25, 0.3) is 0 Å². The molecule has 21 heavy (non-hydrogen) atoms. The summed E-state index contributed by atoms with van der Waals surface area (Å²) in [5.41, 5.74) is 1.42. The molecule has 0 aliphatic carbocycles. The fourth-order valence-electron chi connectivity index (χ4n) is 3.23. The molecule has 1 aliphatic heterocycles. The minimum absolute atomic E-state index is 0.202. The third-order valence-electron chi connectivity index (χ3n) is 4.92. The Balaban J connectivity index is 2.41. The predicted molar refractivity (Wildman–Crippen MR) is 96.4 cm³/mol. The molecule has 0 spiro atoms. The smallest absolute Gasteiger partial charge is 0.0595 e. The molecule has 1 aromatic carbocycles. The summed E-state index contributed by atoms with van der Waals surface area (Å²) in [6.07, 6.45) is 2.28. The minimum atomic E-state index is 0.202. The fourth-order valence-corrected chi connectivity index (χ4v) is 3.89. The van der Waals surface area contributed by atoms with E-state index in [1.165, 1.54) is 5.69 Å². The predicted octanol–water partition coefficient (Wildman–Crippen LogP) is 5.10. The van der Waals surface area contributed by atoms with Crippen molar-refractivity contribution in [3.63, 3.8) is 0 Å². The molecule has 2 rings (SSSR count). The second kappa shape index (κ2) is 6.89. The van der Waals surface area contributed by atoms with Gasteiger partial charge in [-0.3, -0.25) is 0 Å². The summed E-state index contributed by atoms with van der Waals surface area (Å²) in [5, 5.41) is 4.59. The summed E-state index contributed by atoms with van der Waals surface area (Å²) in [4.78, 5) is 2.55. The first-order chi connectivity index (χ1) is 9.94. The van der Waals surface area contributed by atoms with Gasteiger partial charge < -0.3 is 10.2 Å². The quantitative estimate of drug-likeness (QED) is 0.790. The normalized spacial score (nSPS) is 21.9. The highest BCUT2D eigenvalue weighted by atomic mass is 79.9. The zero-order valence-corrected chi connectivity index (χ0v) is 15.8. The molecule has 0 aromatic heterocycles. The molecule has 1 atom stereocenters. The number of nitrogens with zero attached hydrogens (tertiary/aromatic N) is 1. The molecular weight excluding hydrogens is 348 g/mol. The maximum absolute atomic E-state index is 6.31. The Kier molecular flexibility index (Phi) is 5.61. The number of halogens is 2. The molecule has 1 saturated heterocycles. The van der Waals surface area contributed by atoms with Crippen LogP contribution in [0.15, 0.2) is 22.7 Å². The van der Waals surface area contributed by atoms with E-state index in [1.54, 1.807) is 0 Å². The highest BCUT2D eigenvalue weighted by Gasteiger charge is 2.38. The molecule has 1 fully saturated rings. The lowest BCUT2D eigenvalue weighted by atomic mass is 9.86. The van der Waals surface area contributed by atoms with E-state index in [9.17, 15) is 0 Å². The number of rotatable bonds is 4. The largest absolute Gasteiger partial charge is 0.364 e. The number of hydrogen-bond donors (Lipinski definition) is 1. The molecule has 0 amide bonds. The lowest BCUT2D eigenvalue weighted by Gasteiger charge is -2.50. The van der Waals surface area contributed by atoms with Crippen molar-refractivity contribution in [1.29, 1.82) is 0 Å². The highest BCUT2D eigenvalue weighted by molar-refractivity contribution is 9.10. The van der Waals surface area contributed by atoms with Gasteiger partial charge in [-0.05, 0) is 46.8 Å². The highest BCUT2D eigenvalue weighted by Crippen LogP contribution is 2.37. The topological polar surface area (TPSA) is 15.3 Å². The van der Waals surface area contributed by atoms with Crippen LogP contribution in [0.3, 0.4) is 0 Å². The van der Waals surface area contributed by atoms with Gasteiger partial charge in [-0.1, -0.05) is 45.4 Å². The van der Waals surface area contributed by atoms with Crippen LogP contribution in [0, 0.1) is 5.92 Å². The average Bonchev–Trinajstić information content (AvgIpc) is 2.49. The van der Waals surface area contributed by atoms with Crippen LogP contribution in [0.5, 0.6) is 0 Å². The van der Waals surface area contributed by atoms with Crippen LogP contribution in [0.4, 0.5) is 5.69 Å². The summed E-state index contributed by atoms with van der Waals surface area (Å²) >= 11 is 9.99. The van der Waals surface area contributed by atoms with Gasteiger partial charge in [0.2, 0.25) is 0 Å². The first-order valence-electron chi connectivity index (χ1n) is 7.89. The van der Waals surface area contributed by atoms with Crippen LogP contribution in [0.1, 0.15) is 40.5 Å². The minimum Gasteiger partial charge on any atom is -0.364 e. The van der Waals surface area contributed by atoms with Crippen LogP contribution in [-0.2, 0) is 0 Å². The van der Waals surface area contributed by atoms with Gasteiger partial charge in [0.25, 0.3) is 0 Å². The number of hydrogen-bond acceptors (Lipinski definition) is 2. The van der Waals surface area contributed by atoms with Crippen LogP contribution in [0.2, 0.25) is 5.02 Å². The van der Waals surface area contributed by atoms with E-state index in [1.807, 2.05) is 12.1 Å². The van der Waals surface area contributed by atoms with Crippen molar-refractivity contribution in [1.82, 2.24) is 5.32 Å². The second-order valence-corrected chi connectivity index (χ2v) is 7.58. The second-order valence-electron chi connectivity index (χ2n) is 6.38. The summed E-state index contributed by atoms with van der Waals surface area (Å²) in [6, 6.07) is 6.65. The van der Waals surface area contributed by atoms with Gasteiger partial charge in [0.1, 0.15) is 0 Å².